The van der Waals surface area contributed by atoms with Gasteiger partial charge in [0.05, 0.1) is 5.52 Å². The van der Waals surface area contributed by atoms with Crippen molar-refractivity contribution in [2.75, 3.05) is 0 Å². The van der Waals surface area contributed by atoms with Crippen LogP contribution in [-0.4, -0.2) is 16.2 Å². The molecule has 2 aromatic rings. The number of rotatable bonds is 2. The van der Waals surface area contributed by atoms with Gasteiger partial charge >= 0.3 is 0 Å². The molecule has 0 saturated heterocycles. The van der Waals surface area contributed by atoms with Crippen LogP contribution in [0.2, 0.25) is 0 Å². The third kappa shape index (κ3) is 1.67. The first-order valence-electron chi connectivity index (χ1n) is 4.55. The first kappa shape index (κ1) is 9.68. The zero-order chi connectivity index (χ0) is 10.1. The standard InChI is InChI=1S/C10H12BrN3/c1-6(12)5-9-10-7(11)3-2-4-8(10)13-14-9/h2-4,6H,5,12H2,1H3,(H,13,14). The van der Waals surface area contributed by atoms with Gasteiger partial charge in [-0.25, -0.2) is 0 Å². The fourth-order valence-corrected chi connectivity index (χ4v) is 2.15. The highest BCUT2D eigenvalue weighted by molar-refractivity contribution is 9.10. The van der Waals surface area contributed by atoms with Crippen molar-refractivity contribution in [3.63, 3.8) is 0 Å². The van der Waals surface area contributed by atoms with Gasteiger partial charge < -0.3 is 5.73 Å². The Labute approximate surface area is 90.8 Å². The summed E-state index contributed by atoms with van der Waals surface area (Å²) in [6, 6.07) is 6.12. The van der Waals surface area contributed by atoms with Gasteiger partial charge in [-0.05, 0) is 19.1 Å². The third-order valence-electron chi connectivity index (χ3n) is 2.13. The Kier molecular flexibility index (Phi) is 2.56. The lowest BCUT2D eigenvalue weighted by Gasteiger charge is -2.03. The molecule has 1 aromatic carbocycles. The maximum absolute atomic E-state index is 5.76. The van der Waals surface area contributed by atoms with E-state index in [-0.39, 0.29) is 6.04 Å². The van der Waals surface area contributed by atoms with Crippen molar-refractivity contribution in [2.24, 2.45) is 5.73 Å². The summed E-state index contributed by atoms with van der Waals surface area (Å²) in [7, 11) is 0. The number of hydrogen-bond acceptors (Lipinski definition) is 2. The zero-order valence-corrected chi connectivity index (χ0v) is 9.51. The molecule has 0 aliphatic carbocycles. The van der Waals surface area contributed by atoms with E-state index in [0.717, 1.165) is 27.5 Å². The Morgan fingerprint density at radius 3 is 3.07 bits per heavy atom. The minimum atomic E-state index is 0.144. The number of hydrogen-bond donors (Lipinski definition) is 2. The largest absolute Gasteiger partial charge is 0.328 e. The van der Waals surface area contributed by atoms with Crippen LogP contribution in [0.15, 0.2) is 22.7 Å². The Balaban J connectivity index is 2.55. The lowest BCUT2D eigenvalue weighted by atomic mass is 10.1. The molecule has 0 bridgehead atoms. The molecule has 14 heavy (non-hydrogen) atoms. The fraction of sp³-hybridized carbons (Fsp3) is 0.300. The maximum atomic E-state index is 5.76. The summed E-state index contributed by atoms with van der Waals surface area (Å²) in [6.45, 7) is 1.99. The van der Waals surface area contributed by atoms with Crippen LogP contribution in [-0.2, 0) is 6.42 Å². The van der Waals surface area contributed by atoms with E-state index in [0.29, 0.717) is 0 Å². The summed E-state index contributed by atoms with van der Waals surface area (Å²) in [4.78, 5) is 0. The lowest BCUT2D eigenvalue weighted by Crippen LogP contribution is -2.18. The van der Waals surface area contributed by atoms with Crippen molar-refractivity contribution in [3.8, 4) is 0 Å². The fourth-order valence-electron chi connectivity index (χ4n) is 1.56. The quantitative estimate of drug-likeness (QED) is 0.863. The third-order valence-corrected chi connectivity index (χ3v) is 2.79. The van der Waals surface area contributed by atoms with Gasteiger partial charge in [-0.15, -0.1) is 0 Å². The number of aromatic nitrogens is 2. The summed E-state index contributed by atoms with van der Waals surface area (Å²) >= 11 is 3.52. The highest BCUT2D eigenvalue weighted by Crippen LogP contribution is 2.25. The van der Waals surface area contributed by atoms with E-state index >= 15 is 0 Å². The minimum absolute atomic E-state index is 0.144. The number of benzene rings is 1. The number of halogens is 1. The molecule has 0 saturated carbocycles. The molecule has 0 aliphatic heterocycles. The molecule has 0 amide bonds. The number of H-pyrrole nitrogens is 1. The topological polar surface area (TPSA) is 54.7 Å². The Morgan fingerprint density at radius 2 is 2.36 bits per heavy atom. The van der Waals surface area contributed by atoms with Crippen LogP contribution in [0.5, 0.6) is 0 Å². The lowest BCUT2D eigenvalue weighted by molar-refractivity contribution is 0.722. The van der Waals surface area contributed by atoms with Crippen molar-refractivity contribution < 1.29 is 0 Å². The SMILES string of the molecule is CC(N)Cc1[nH]nc2cccc(Br)c12. The molecule has 4 heteroatoms. The monoisotopic (exact) mass is 253 g/mol. The van der Waals surface area contributed by atoms with E-state index in [1.807, 2.05) is 25.1 Å². The van der Waals surface area contributed by atoms with Crippen molar-refractivity contribution in [2.45, 2.75) is 19.4 Å². The second-order valence-corrected chi connectivity index (χ2v) is 4.37. The predicted molar refractivity (Wildman–Crippen MR) is 61.1 cm³/mol. The van der Waals surface area contributed by atoms with E-state index < -0.39 is 0 Å². The summed E-state index contributed by atoms with van der Waals surface area (Å²) < 4.78 is 1.07. The van der Waals surface area contributed by atoms with E-state index in [1.54, 1.807) is 0 Å². The molecule has 1 heterocycles. The average Bonchev–Trinajstić information content (AvgIpc) is 2.49. The molecule has 0 aliphatic rings. The maximum Gasteiger partial charge on any atom is 0.0935 e. The van der Waals surface area contributed by atoms with Crippen molar-refractivity contribution >= 4 is 26.8 Å². The van der Waals surface area contributed by atoms with Crippen molar-refractivity contribution in [3.05, 3.63) is 28.4 Å². The van der Waals surface area contributed by atoms with Crippen LogP contribution in [0.3, 0.4) is 0 Å². The van der Waals surface area contributed by atoms with Crippen LogP contribution < -0.4 is 5.73 Å². The molecule has 1 atom stereocenters. The van der Waals surface area contributed by atoms with Gasteiger partial charge in [0, 0.05) is 28.0 Å². The number of fused-ring (bicyclic) bond motifs is 1. The van der Waals surface area contributed by atoms with Gasteiger partial charge in [-0.1, -0.05) is 22.0 Å². The highest BCUT2D eigenvalue weighted by Gasteiger charge is 2.09. The number of aromatic amines is 1. The normalized spacial score (nSPS) is 13.4. The Morgan fingerprint density at radius 1 is 1.57 bits per heavy atom. The average molecular weight is 254 g/mol. The predicted octanol–water partition coefficient (Wildman–Crippen LogP) is 2.22. The summed E-state index contributed by atoms with van der Waals surface area (Å²) in [5.41, 5.74) is 7.84. The Hall–Kier alpha value is -0.870. The van der Waals surface area contributed by atoms with E-state index in [2.05, 4.69) is 26.1 Å². The molecule has 1 unspecified atom stereocenters. The number of nitrogens with two attached hydrogens (primary N) is 1. The first-order valence-corrected chi connectivity index (χ1v) is 5.35. The first-order chi connectivity index (χ1) is 6.68. The molecular weight excluding hydrogens is 242 g/mol. The second-order valence-electron chi connectivity index (χ2n) is 3.52. The Bertz CT molecular complexity index is 448. The molecule has 2 rings (SSSR count). The van der Waals surface area contributed by atoms with Gasteiger partial charge in [0.15, 0.2) is 0 Å². The second kappa shape index (κ2) is 3.71. The van der Waals surface area contributed by atoms with Gasteiger partial charge in [0.25, 0.3) is 0 Å². The highest BCUT2D eigenvalue weighted by atomic mass is 79.9. The van der Waals surface area contributed by atoms with Crippen LogP contribution in [0.25, 0.3) is 10.9 Å². The molecule has 0 radical (unpaired) electrons. The molecule has 3 N–H and O–H groups in total. The zero-order valence-electron chi connectivity index (χ0n) is 7.92. The summed E-state index contributed by atoms with van der Waals surface area (Å²) in [6.07, 6.45) is 0.819. The molecule has 1 aromatic heterocycles. The van der Waals surface area contributed by atoms with E-state index in [9.17, 15) is 0 Å². The summed E-state index contributed by atoms with van der Waals surface area (Å²) in [5, 5.41) is 8.39. The molecule has 3 nitrogen and oxygen atoms in total. The van der Waals surface area contributed by atoms with Crippen LogP contribution in [0.1, 0.15) is 12.6 Å². The smallest absolute Gasteiger partial charge is 0.0935 e. The van der Waals surface area contributed by atoms with Gasteiger partial charge in [-0.2, -0.15) is 5.10 Å². The van der Waals surface area contributed by atoms with E-state index in [1.165, 1.54) is 0 Å². The molecule has 74 valence electrons. The van der Waals surface area contributed by atoms with Crippen LogP contribution in [0.4, 0.5) is 0 Å². The van der Waals surface area contributed by atoms with Gasteiger partial charge in [0.1, 0.15) is 0 Å². The molecular formula is C10H12BrN3. The minimum Gasteiger partial charge on any atom is -0.328 e. The van der Waals surface area contributed by atoms with Gasteiger partial charge in [-0.3, -0.25) is 5.10 Å². The van der Waals surface area contributed by atoms with Gasteiger partial charge in [0.2, 0.25) is 0 Å². The van der Waals surface area contributed by atoms with Crippen molar-refractivity contribution in [1.82, 2.24) is 10.2 Å². The molecule has 0 spiro atoms. The van der Waals surface area contributed by atoms with Crippen LogP contribution >= 0.6 is 15.9 Å². The van der Waals surface area contributed by atoms with E-state index in [4.69, 9.17) is 5.73 Å². The molecule has 0 fully saturated rings. The summed E-state index contributed by atoms with van der Waals surface area (Å²) in [5.74, 6) is 0. The van der Waals surface area contributed by atoms with Crippen molar-refractivity contribution in [1.29, 1.82) is 0 Å². The number of nitrogens with one attached hydrogen (secondary N) is 1. The van der Waals surface area contributed by atoms with Crippen LogP contribution in [0, 0.1) is 0 Å². The number of nitrogens with zero attached hydrogens (tertiary/aromatic N) is 1.